The van der Waals surface area contributed by atoms with Gasteiger partial charge < -0.3 is 9.47 Å². The van der Waals surface area contributed by atoms with Crippen LogP contribution in [0.15, 0.2) is 289 Å². The molecule has 89 heavy (non-hydrogen) atoms. The molecule has 1 aliphatic carbocycles. The van der Waals surface area contributed by atoms with Crippen LogP contribution in [0.2, 0.25) is 0 Å². The monoisotopic (exact) mass is 1190 g/mol. The maximum atomic E-state index is 13.7. The standard InChI is InChI=1S/C81H64N4O2S2/c1-79(2,3)57-33-37-59(38-34-57)81(60-39-35-58(36-40-60)80(4,5)6)71-25-15-13-23-70(71)76-66(24-17-26-72(76)81)55-30-43-62(44-31-55)84(61-41-28-54(29-42-61)53-18-9-7-10-19-53)74-51-50-67(77-78(74)83-88-82-77)56-32-49-69-68-22-14-16-27-73(68)85(75(69)52-56)63-45-47-65(48-46-63)89(86,87)64-20-11-8-12-21-64/h7-52H,1-6H3. The van der Waals surface area contributed by atoms with Gasteiger partial charge in [0.25, 0.3) is 0 Å². The zero-order chi connectivity index (χ0) is 60.8. The number of hydrogen-bond acceptors (Lipinski definition) is 6. The molecule has 12 aromatic carbocycles. The first-order valence-corrected chi connectivity index (χ1v) is 32.6. The predicted octanol–water partition coefficient (Wildman–Crippen LogP) is 21.1. The smallest absolute Gasteiger partial charge is 0.206 e. The number of sulfone groups is 1. The van der Waals surface area contributed by atoms with Crippen molar-refractivity contribution in [2.45, 2.75) is 67.6 Å². The van der Waals surface area contributed by atoms with Crippen LogP contribution in [0, 0.1) is 0 Å². The SMILES string of the molecule is CC(C)(C)c1ccc(C2(c3ccc(C(C)(C)C)cc3)c3ccccc3-c3c(-c4ccc(N(c5ccc(-c6ccccc6)cc5)c5ccc(-c6ccc7c8ccccc8n(-c8ccc(S(=O)(=O)c9ccccc9)cc8)c7c6)c6nsnc56)cc4)cccc32)cc1. The quantitative estimate of drug-likeness (QED) is 0.129. The number of anilines is 3. The second-order valence-corrected chi connectivity index (χ2v) is 27.9. The van der Waals surface area contributed by atoms with Crippen LogP contribution in [0.3, 0.4) is 0 Å². The Bertz CT molecular complexity index is 5060. The summed E-state index contributed by atoms with van der Waals surface area (Å²) in [5, 5.41) is 2.19. The van der Waals surface area contributed by atoms with E-state index in [-0.39, 0.29) is 20.6 Å². The van der Waals surface area contributed by atoms with E-state index in [1.807, 2.05) is 24.3 Å². The number of rotatable bonds is 11. The number of para-hydroxylation sites is 1. The van der Waals surface area contributed by atoms with Gasteiger partial charge in [-0.15, -0.1) is 0 Å². The number of fused-ring (bicyclic) bond motifs is 7. The van der Waals surface area contributed by atoms with Crippen molar-refractivity contribution in [2.24, 2.45) is 0 Å². The topological polar surface area (TPSA) is 68.1 Å². The lowest BCUT2D eigenvalue weighted by Gasteiger charge is -2.35. The lowest BCUT2D eigenvalue weighted by atomic mass is 9.66. The summed E-state index contributed by atoms with van der Waals surface area (Å²) in [5.74, 6) is 0. The van der Waals surface area contributed by atoms with Crippen molar-refractivity contribution < 1.29 is 8.42 Å². The first-order valence-electron chi connectivity index (χ1n) is 30.4. The lowest BCUT2D eigenvalue weighted by Crippen LogP contribution is -2.29. The van der Waals surface area contributed by atoms with Gasteiger partial charge in [-0.05, 0) is 168 Å². The second-order valence-electron chi connectivity index (χ2n) is 25.5. The number of hydrogen-bond donors (Lipinski definition) is 0. The van der Waals surface area contributed by atoms with Crippen molar-refractivity contribution in [2.75, 3.05) is 4.90 Å². The zero-order valence-electron chi connectivity index (χ0n) is 50.5. The number of benzene rings is 12. The predicted molar refractivity (Wildman–Crippen MR) is 369 cm³/mol. The lowest BCUT2D eigenvalue weighted by molar-refractivity contribution is 0.588. The van der Waals surface area contributed by atoms with Crippen molar-refractivity contribution in [3.63, 3.8) is 0 Å². The summed E-state index contributed by atoms with van der Waals surface area (Å²) in [4.78, 5) is 2.82. The molecule has 432 valence electrons. The Kier molecular flexibility index (Phi) is 13.4. The molecule has 0 saturated carbocycles. The maximum absolute atomic E-state index is 13.7. The van der Waals surface area contributed by atoms with Crippen LogP contribution in [0.1, 0.15) is 74.9 Å². The van der Waals surface area contributed by atoms with E-state index in [0.29, 0.717) is 0 Å². The second kappa shape index (κ2) is 21.4. The molecule has 0 bridgehead atoms. The van der Waals surface area contributed by atoms with Gasteiger partial charge in [-0.25, -0.2) is 8.42 Å². The van der Waals surface area contributed by atoms with E-state index < -0.39 is 15.3 Å². The van der Waals surface area contributed by atoms with E-state index in [1.54, 1.807) is 36.4 Å². The highest BCUT2D eigenvalue weighted by atomic mass is 32.2. The van der Waals surface area contributed by atoms with Crippen LogP contribution < -0.4 is 4.90 Å². The Morgan fingerprint density at radius 1 is 0.404 bits per heavy atom. The molecule has 2 heterocycles. The maximum Gasteiger partial charge on any atom is 0.206 e. The Morgan fingerprint density at radius 2 is 0.921 bits per heavy atom. The molecule has 0 N–H and O–H groups in total. The van der Waals surface area contributed by atoms with Crippen LogP contribution in [-0.4, -0.2) is 21.7 Å². The fourth-order valence-electron chi connectivity index (χ4n) is 13.6. The molecule has 0 fully saturated rings. The summed E-state index contributed by atoms with van der Waals surface area (Å²) in [6.45, 7) is 13.7. The summed E-state index contributed by atoms with van der Waals surface area (Å²) < 4.78 is 39.8. The molecule has 0 unspecified atom stereocenters. The van der Waals surface area contributed by atoms with E-state index in [0.717, 1.165) is 83.4 Å². The largest absolute Gasteiger partial charge is 0.309 e. The van der Waals surface area contributed by atoms with Crippen LogP contribution in [-0.2, 0) is 26.1 Å². The first kappa shape index (κ1) is 55.6. The molecule has 0 aliphatic heterocycles. The van der Waals surface area contributed by atoms with Crippen molar-refractivity contribution in [3.8, 4) is 50.2 Å². The van der Waals surface area contributed by atoms with Gasteiger partial charge in [0.15, 0.2) is 0 Å². The van der Waals surface area contributed by atoms with E-state index >= 15 is 0 Å². The third-order valence-electron chi connectivity index (χ3n) is 18.2. The molecule has 1 aliphatic rings. The highest BCUT2D eigenvalue weighted by Crippen LogP contribution is 2.59. The Hall–Kier alpha value is -9.99. The molecule has 6 nitrogen and oxygen atoms in total. The van der Waals surface area contributed by atoms with E-state index in [2.05, 4.69) is 269 Å². The van der Waals surface area contributed by atoms with Crippen LogP contribution in [0.25, 0.3) is 83.0 Å². The van der Waals surface area contributed by atoms with Crippen molar-refractivity contribution in [1.82, 2.24) is 13.3 Å². The number of nitrogens with zero attached hydrogens (tertiary/aromatic N) is 4. The van der Waals surface area contributed by atoms with Crippen LogP contribution in [0.5, 0.6) is 0 Å². The third-order valence-corrected chi connectivity index (χ3v) is 20.5. The van der Waals surface area contributed by atoms with E-state index in [9.17, 15) is 8.42 Å². The molecule has 0 radical (unpaired) electrons. The molecular formula is C81H64N4O2S2. The fourth-order valence-corrected chi connectivity index (χ4v) is 15.5. The molecule has 0 atom stereocenters. The van der Waals surface area contributed by atoms with Gasteiger partial charge in [0, 0.05) is 33.4 Å². The average Bonchev–Trinajstić information content (AvgIpc) is 1.56. The highest BCUT2D eigenvalue weighted by Gasteiger charge is 2.47. The number of aromatic nitrogens is 3. The van der Waals surface area contributed by atoms with Crippen LogP contribution in [0.4, 0.5) is 17.1 Å². The summed E-state index contributed by atoms with van der Waals surface area (Å²) >= 11 is 1.22. The summed E-state index contributed by atoms with van der Waals surface area (Å²) in [6, 6.07) is 98.3. The molecule has 0 amide bonds. The Balaban J connectivity index is 0.849. The molecule has 2 aromatic heterocycles. The molecule has 15 rings (SSSR count). The normalized spacial score (nSPS) is 13.0. The van der Waals surface area contributed by atoms with E-state index in [4.69, 9.17) is 8.75 Å². The summed E-state index contributed by atoms with van der Waals surface area (Å²) in [6.07, 6.45) is 0. The minimum atomic E-state index is -3.70. The highest BCUT2D eigenvalue weighted by molar-refractivity contribution is 7.91. The summed E-state index contributed by atoms with van der Waals surface area (Å²) in [5.41, 5.74) is 23.5. The van der Waals surface area contributed by atoms with E-state index in [1.165, 1.54) is 61.8 Å². The molecule has 0 spiro atoms. The summed E-state index contributed by atoms with van der Waals surface area (Å²) in [7, 11) is -3.70. The van der Waals surface area contributed by atoms with Gasteiger partial charge in [0.05, 0.1) is 43.7 Å². The Morgan fingerprint density at radius 3 is 1.57 bits per heavy atom. The minimum absolute atomic E-state index is 0.0104. The molecule has 8 heteroatoms. The van der Waals surface area contributed by atoms with Gasteiger partial charge in [-0.1, -0.05) is 236 Å². The van der Waals surface area contributed by atoms with Crippen molar-refractivity contribution in [1.29, 1.82) is 0 Å². The van der Waals surface area contributed by atoms with Gasteiger partial charge >= 0.3 is 0 Å². The van der Waals surface area contributed by atoms with Crippen molar-refractivity contribution >= 4 is 71.5 Å². The van der Waals surface area contributed by atoms with Gasteiger partial charge in [0.2, 0.25) is 9.84 Å². The van der Waals surface area contributed by atoms with Gasteiger partial charge in [0.1, 0.15) is 11.0 Å². The molecule has 14 aromatic rings. The van der Waals surface area contributed by atoms with Crippen LogP contribution >= 0.6 is 11.7 Å². The first-order chi connectivity index (χ1) is 43.2. The average molecular weight is 1190 g/mol. The minimum Gasteiger partial charge on any atom is -0.309 e. The third kappa shape index (κ3) is 9.31. The fraction of sp³-hybridized carbons (Fsp3) is 0.111. The van der Waals surface area contributed by atoms with Crippen molar-refractivity contribution in [3.05, 3.63) is 312 Å². The molecular weight excluding hydrogens is 1130 g/mol. The van der Waals surface area contributed by atoms with Gasteiger partial charge in [-0.2, -0.15) is 8.75 Å². The molecule has 0 saturated heterocycles. The Labute approximate surface area is 524 Å². The van der Waals surface area contributed by atoms with Gasteiger partial charge in [-0.3, -0.25) is 0 Å². The zero-order valence-corrected chi connectivity index (χ0v) is 52.1.